The number of nitrogens with one attached hydrogen (secondary N) is 2. The average Bonchev–Trinajstić information content (AvgIpc) is 3.11. The molecule has 7 nitrogen and oxygen atoms in total. The van der Waals surface area contributed by atoms with Gasteiger partial charge in [0, 0.05) is 47.0 Å². The molecule has 0 unspecified atom stereocenters. The summed E-state index contributed by atoms with van der Waals surface area (Å²) in [6, 6.07) is 16.1. The molecule has 0 spiro atoms. The van der Waals surface area contributed by atoms with Crippen LogP contribution in [0.15, 0.2) is 60.3 Å². The fourth-order valence-corrected chi connectivity index (χ4v) is 3.19. The van der Waals surface area contributed by atoms with Gasteiger partial charge in [-0.15, -0.1) is 0 Å². The molecule has 3 aromatic rings. The molecule has 2 aromatic carbocycles. The van der Waals surface area contributed by atoms with E-state index >= 15 is 0 Å². The average molecular weight is 437 g/mol. The van der Waals surface area contributed by atoms with Crippen LogP contribution < -0.4 is 10.6 Å². The van der Waals surface area contributed by atoms with E-state index in [0.717, 1.165) is 10.9 Å². The molecule has 0 saturated heterocycles. The van der Waals surface area contributed by atoms with Gasteiger partial charge in [-0.3, -0.25) is 9.59 Å². The highest BCUT2D eigenvalue weighted by Crippen LogP contribution is 2.24. The van der Waals surface area contributed by atoms with Crippen LogP contribution in [-0.4, -0.2) is 36.6 Å². The zero-order valence-corrected chi connectivity index (χ0v) is 17.6. The molecule has 1 aromatic heterocycles. The number of nitriles is 1. The van der Waals surface area contributed by atoms with Gasteiger partial charge in [0.25, 0.3) is 5.91 Å². The molecular weight excluding hydrogens is 416 g/mol. The minimum atomic E-state index is -0.529. The third-order valence-electron chi connectivity index (χ3n) is 4.53. The van der Waals surface area contributed by atoms with Crippen molar-refractivity contribution in [3.8, 4) is 6.07 Å². The topological polar surface area (TPSA) is 96.2 Å². The maximum absolute atomic E-state index is 12.6. The number of carbonyl (C=O) groups is 2. The van der Waals surface area contributed by atoms with Crippen molar-refractivity contribution in [1.29, 1.82) is 5.26 Å². The molecule has 0 saturated carbocycles. The maximum atomic E-state index is 12.6. The number of ether oxygens (including phenoxy) is 1. The van der Waals surface area contributed by atoms with Gasteiger partial charge in [0.2, 0.25) is 5.91 Å². The highest BCUT2D eigenvalue weighted by Gasteiger charge is 2.14. The van der Waals surface area contributed by atoms with Crippen molar-refractivity contribution in [2.24, 2.45) is 0 Å². The lowest BCUT2D eigenvalue weighted by molar-refractivity contribution is -0.121. The highest BCUT2D eigenvalue weighted by atomic mass is 35.5. The number of nitrogens with zero attached hydrogens (tertiary/aromatic N) is 2. The van der Waals surface area contributed by atoms with E-state index in [1.165, 1.54) is 6.08 Å². The molecule has 31 heavy (non-hydrogen) atoms. The number of carbonyl (C=O) groups excluding carboxylic acids is 2. The molecule has 0 radical (unpaired) electrons. The Kier molecular flexibility index (Phi) is 7.44. The predicted octanol–water partition coefficient (Wildman–Crippen LogP) is 3.60. The van der Waals surface area contributed by atoms with E-state index in [0.29, 0.717) is 29.4 Å². The van der Waals surface area contributed by atoms with Crippen molar-refractivity contribution in [3.63, 3.8) is 0 Å². The molecule has 0 fully saturated rings. The number of hydrogen-bond donors (Lipinski definition) is 2. The number of rotatable bonds is 8. The van der Waals surface area contributed by atoms with Crippen molar-refractivity contribution in [2.75, 3.05) is 25.6 Å². The van der Waals surface area contributed by atoms with E-state index < -0.39 is 5.91 Å². The van der Waals surface area contributed by atoms with Gasteiger partial charge in [-0.25, -0.2) is 0 Å². The smallest absolute Gasteiger partial charge is 0.266 e. The number of hydrogen-bond acceptors (Lipinski definition) is 4. The van der Waals surface area contributed by atoms with Crippen molar-refractivity contribution < 1.29 is 14.3 Å². The first kappa shape index (κ1) is 22.1. The highest BCUT2D eigenvalue weighted by molar-refractivity contribution is 6.30. The molecule has 3 rings (SSSR count). The van der Waals surface area contributed by atoms with Crippen molar-refractivity contribution >= 4 is 46.1 Å². The molecule has 2 N–H and O–H groups in total. The lowest BCUT2D eigenvalue weighted by Crippen LogP contribution is -2.30. The Bertz CT molecular complexity index is 1160. The molecule has 2 amide bonds. The number of benzene rings is 2. The fraction of sp³-hybridized carbons (Fsp3) is 0.174. The summed E-state index contributed by atoms with van der Waals surface area (Å²) in [5.74, 6) is -0.687. The number of amides is 2. The molecular formula is C23H21ClN4O3. The summed E-state index contributed by atoms with van der Waals surface area (Å²) in [5, 5.41) is 16.4. The summed E-state index contributed by atoms with van der Waals surface area (Å²) < 4.78 is 6.73. The SMILES string of the molecule is COCCNC(=O)Cn1cc(/C=C(\C#N)C(=O)Nc2ccc(Cl)cc2)c2ccccc21. The molecule has 0 bridgehead atoms. The Balaban J connectivity index is 1.85. The Hall–Kier alpha value is -3.60. The van der Waals surface area contributed by atoms with Crippen LogP contribution in [0.5, 0.6) is 0 Å². The first-order valence-electron chi connectivity index (χ1n) is 9.54. The zero-order valence-electron chi connectivity index (χ0n) is 16.9. The van der Waals surface area contributed by atoms with Gasteiger partial charge in [-0.05, 0) is 36.4 Å². The van der Waals surface area contributed by atoms with Crippen LogP contribution in [0.1, 0.15) is 5.56 Å². The molecule has 0 aliphatic heterocycles. The van der Waals surface area contributed by atoms with Crippen molar-refractivity contribution in [3.05, 3.63) is 70.9 Å². The van der Waals surface area contributed by atoms with E-state index in [-0.39, 0.29) is 18.0 Å². The molecule has 158 valence electrons. The van der Waals surface area contributed by atoms with Crippen molar-refractivity contribution in [2.45, 2.75) is 6.54 Å². The largest absolute Gasteiger partial charge is 0.383 e. The van der Waals surface area contributed by atoms with Gasteiger partial charge in [0.15, 0.2) is 0 Å². The Morgan fingerprint density at radius 3 is 2.65 bits per heavy atom. The van der Waals surface area contributed by atoms with Gasteiger partial charge >= 0.3 is 0 Å². The number of anilines is 1. The van der Waals surface area contributed by atoms with Crippen LogP contribution in [0, 0.1) is 11.3 Å². The molecule has 0 aliphatic rings. The lowest BCUT2D eigenvalue weighted by Gasteiger charge is -2.06. The summed E-state index contributed by atoms with van der Waals surface area (Å²) in [6.45, 7) is 0.960. The molecule has 1 heterocycles. The van der Waals surface area contributed by atoms with Crippen LogP contribution in [0.3, 0.4) is 0 Å². The van der Waals surface area contributed by atoms with Gasteiger partial charge in [-0.2, -0.15) is 5.26 Å². The third-order valence-corrected chi connectivity index (χ3v) is 4.78. The van der Waals surface area contributed by atoms with Crippen LogP contribution in [0.2, 0.25) is 5.02 Å². The predicted molar refractivity (Wildman–Crippen MR) is 120 cm³/mol. The van der Waals surface area contributed by atoms with Gasteiger partial charge in [0.1, 0.15) is 18.2 Å². The fourth-order valence-electron chi connectivity index (χ4n) is 3.06. The number of methoxy groups -OCH3 is 1. The summed E-state index contributed by atoms with van der Waals surface area (Å²) in [4.78, 5) is 24.8. The van der Waals surface area contributed by atoms with Gasteiger partial charge in [-0.1, -0.05) is 29.8 Å². The minimum Gasteiger partial charge on any atom is -0.383 e. The normalized spacial score (nSPS) is 11.2. The monoisotopic (exact) mass is 436 g/mol. The summed E-state index contributed by atoms with van der Waals surface area (Å²) >= 11 is 5.86. The molecule has 0 aliphatic carbocycles. The van der Waals surface area contributed by atoms with E-state index in [9.17, 15) is 14.9 Å². The second-order valence-corrected chi connectivity index (χ2v) is 7.14. The second-order valence-electron chi connectivity index (χ2n) is 6.70. The number of halogens is 1. The quantitative estimate of drug-likeness (QED) is 0.320. The number of para-hydroxylation sites is 1. The van der Waals surface area contributed by atoms with Crippen LogP contribution in [-0.2, 0) is 20.9 Å². The van der Waals surface area contributed by atoms with Gasteiger partial charge < -0.3 is 19.9 Å². The Morgan fingerprint density at radius 2 is 1.94 bits per heavy atom. The first-order valence-corrected chi connectivity index (χ1v) is 9.92. The summed E-state index contributed by atoms with van der Waals surface area (Å²) in [5.41, 5.74) is 1.97. The third kappa shape index (κ3) is 5.72. The van der Waals surface area contributed by atoms with Crippen LogP contribution >= 0.6 is 11.6 Å². The maximum Gasteiger partial charge on any atom is 0.266 e. The van der Waals surface area contributed by atoms with E-state index in [2.05, 4.69) is 10.6 Å². The Labute approximate surface area is 184 Å². The Morgan fingerprint density at radius 1 is 1.19 bits per heavy atom. The number of aromatic nitrogens is 1. The number of fused-ring (bicyclic) bond motifs is 1. The minimum absolute atomic E-state index is 0.0533. The van der Waals surface area contributed by atoms with Gasteiger partial charge in [0.05, 0.1) is 6.61 Å². The standard InChI is InChI=1S/C23H21ClN4O3/c1-31-11-10-26-22(29)15-28-14-17(20-4-2-3-5-21(20)28)12-16(13-25)23(30)27-19-8-6-18(24)7-9-19/h2-9,12,14H,10-11,15H2,1H3,(H,26,29)(H,27,30)/b16-12+. The van der Waals surface area contributed by atoms with Crippen molar-refractivity contribution in [1.82, 2.24) is 9.88 Å². The first-order chi connectivity index (χ1) is 15.0. The second kappa shape index (κ2) is 10.4. The molecule has 0 atom stereocenters. The summed E-state index contributed by atoms with van der Waals surface area (Å²) in [7, 11) is 1.57. The van der Waals surface area contributed by atoms with E-state index in [1.54, 1.807) is 42.1 Å². The van der Waals surface area contributed by atoms with Crippen LogP contribution in [0.4, 0.5) is 5.69 Å². The lowest BCUT2D eigenvalue weighted by atomic mass is 10.1. The van der Waals surface area contributed by atoms with E-state index in [1.807, 2.05) is 30.3 Å². The summed E-state index contributed by atoms with van der Waals surface area (Å²) in [6.07, 6.45) is 3.28. The zero-order chi connectivity index (χ0) is 22.2. The molecule has 8 heteroatoms. The van der Waals surface area contributed by atoms with Crippen LogP contribution in [0.25, 0.3) is 17.0 Å². The van der Waals surface area contributed by atoms with E-state index in [4.69, 9.17) is 16.3 Å².